The molecule has 0 radical (unpaired) electrons. The summed E-state index contributed by atoms with van der Waals surface area (Å²) in [5, 5.41) is 14.7. The minimum atomic E-state index is -0.837. The smallest absolute Gasteiger partial charge is 0.254 e. The first-order chi connectivity index (χ1) is 17.3. The van der Waals surface area contributed by atoms with Gasteiger partial charge in [-0.2, -0.15) is 0 Å². The summed E-state index contributed by atoms with van der Waals surface area (Å²) in [5.41, 5.74) is 7.00. The number of carbonyl (C=O) groups is 1. The van der Waals surface area contributed by atoms with Gasteiger partial charge < -0.3 is 21.3 Å². The van der Waals surface area contributed by atoms with Crippen LogP contribution in [0.1, 0.15) is 21.6 Å². The zero-order chi connectivity index (χ0) is 25.4. The number of fused-ring (bicyclic) bond motifs is 1. The molecular weight excluding hydrogens is 511 g/mol. The molecule has 186 valence electrons. The van der Waals surface area contributed by atoms with Gasteiger partial charge in [0.25, 0.3) is 5.91 Å². The van der Waals surface area contributed by atoms with E-state index in [1.807, 2.05) is 4.90 Å². The number of hydrogen-bond donors (Lipinski definition) is 3. The number of benzene rings is 2. The van der Waals surface area contributed by atoms with Crippen molar-refractivity contribution in [1.82, 2.24) is 19.9 Å². The van der Waals surface area contributed by atoms with Gasteiger partial charge in [-0.15, -0.1) is 10.2 Å². The van der Waals surface area contributed by atoms with Gasteiger partial charge in [0.1, 0.15) is 17.6 Å². The molecule has 0 aliphatic carbocycles. The molecule has 36 heavy (non-hydrogen) atoms. The van der Waals surface area contributed by atoms with Crippen LogP contribution in [-0.2, 0) is 6.42 Å². The lowest BCUT2D eigenvalue weighted by Gasteiger charge is -2.29. The van der Waals surface area contributed by atoms with E-state index in [1.165, 1.54) is 18.5 Å². The van der Waals surface area contributed by atoms with Crippen molar-refractivity contribution in [2.45, 2.75) is 6.42 Å². The molecule has 0 spiro atoms. The number of hydrogen-bond acceptors (Lipinski definition) is 6. The number of nitrogens with two attached hydrogens (primary N) is 1. The number of aromatic nitrogens is 3. The topological polar surface area (TPSA) is 101 Å². The standard InChI is InChI=1S/C24H21Cl2F2N7O/c25-16-2-1-3-17(26)15(16)8-14-11-20(21(23(29)36)24-33-31-12-35(14)24)32-22-18(27)9-13(10-19(22)28)34-6-4-30-5-7-34/h1-3,9-12,30,32H,4-8H2,(H2,29,36). The molecule has 1 amide bonds. The van der Waals surface area contributed by atoms with E-state index in [4.69, 9.17) is 28.9 Å². The fourth-order valence-corrected chi connectivity index (χ4v) is 4.85. The van der Waals surface area contributed by atoms with Crippen LogP contribution in [-0.4, -0.2) is 46.7 Å². The number of primary amides is 1. The molecule has 1 saturated heterocycles. The quantitative estimate of drug-likeness (QED) is 0.345. The maximum absolute atomic E-state index is 15.2. The van der Waals surface area contributed by atoms with E-state index >= 15 is 8.78 Å². The normalized spacial score (nSPS) is 13.8. The minimum absolute atomic E-state index is 0.0634. The largest absolute Gasteiger partial charge is 0.369 e. The van der Waals surface area contributed by atoms with Crippen molar-refractivity contribution in [3.63, 3.8) is 0 Å². The van der Waals surface area contributed by atoms with E-state index in [0.29, 0.717) is 40.1 Å². The number of piperazine rings is 1. The second-order valence-corrected chi connectivity index (χ2v) is 9.15. The van der Waals surface area contributed by atoms with Crippen LogP contribution in [0.4, 0.5) is 25.8 Å². The highest BCUT2D eigenvalue weighted by atomic mass is 35.5. The molecule has 1 fully saturated rings. The van der Waals surface area contributed by atoms with Crippen molar-refractivity contribution in [1.29, 1.82) is 0 Å². The second kappa shape index (κ2) is 9.88. The number of pyridine rings is 1. The maximum Gasteiger partial charge on any atom is 0.254 e. The summed E-state index contributed by atoms with van der Waals surface area (Å²) < 4.78 is 31.9. The molecule has 1 aliphatic rings. The number of rotatable bonds is 6. The summed E-state index contributed by atoms with van der Waals surface area (Å²) in [5.74, 6) is -2.46. The van der Waals surface area contributed by atoms with E-state index in [0.717, 1.165) is 13.1 Å². The van der Waals surface area contributed by atoms with E-state index in [1.54, 1.807) is 28.7 Å². The summed E-state index contributed by atoms with van der Waals surface area (Å²) in [7, 11) is 0. The average Bonchev–Trinajstić information content (AvgIpc) is 3.33. The van der Waals surface area contributed by atoms with Crippen LogP contribution in [0.3, 0.4) is 0 Å². The molecule has 3 heterocycles. The molecule has 1 aliphatic heterocycles. The second-order valence-electron chi connectivity index (χ2n) is 8.34. The van der Waals surface area contributed by atoms with Crippen LogP contribution >= 0.6 is 23.2 Å². The van der Waals surface area contributed by atoms with Crippen LogP contribution in [0.2, 0.25) is 10.0 Å². The number of halogens is 4. The van der Waals surface area contributed by atoms with Gasteiger partial charge in [0, 0.05) is 54.0 Å². The summed E-state index contributed by atoms with van der Waals surface area (Å²) in [6.07, 6.45) is 1.64. The monoisotopic (exact) mass is 531 g/mol. The first-order valence-corrected chi connectivity index (χ1v) is 11.9. The van der Waals surface area contributed by atoms with Crippen molar-refractivity contribution in [2.24, 2.45) is 5.73 Å². The predicted molar refractivity (Wildman–Crippen MR) is 135 cm³/mol. The average molecular weight is 532 g/mol. The minimum Gasteiger partial charge on any atom is -0.369 e. The molecule has 0 bridgehead atoms. The summed E-state index contributed by atoms with van der Waals surface area (Å²) in [6.45, 7) is 2.72. The Kier molecular flexibility index (Phi) is 6.65. The lowest BCUT2D eigenvalue weighted by Crippen LogP contribution is -2.43. The van der Waals surface area contributed by atoms with Gasteiger partial charge in [-0.3, -0.25) is 9.20 Å². The number of anilines is 3. The molecular formula is C24H21Cl2F2N7O. The zero-order valence-corrected chi connectivity index (χ0v) is 20.4. The zero-order valence-electron chi connectivity index (χ0n) is 18.9. The summed E-state index contributed by atoms with van der Waals surface area (Å²) >= 11 is 12.7. The SMILES string of the molecule is NC(=O)c1c(Nc2c(F)cc(N3CCNCC3)cc2F)cc(Cc2c(Cl)cccc2Cl)n2cnnc12. The number of amides is 1. The Morgan fingerprint density at radius 3 is 2.42 bits per heavy atom. The van der Waals surface area contributed by atoms with Gasteiger partial charge in [-0.25, -0.2) is 8.78 Å². The third kappa shape index (κ3) is 4.55. The van der Waals surface area contributed by atoms with Gasteiger partial charge >= 0.3 is 0 Å². The van der Waals surface area contributed by atoms with E-state index in [9.17, 15) is 4.79 Å². The highest BCUT2D eigenvalue weighted by Crippen LogP contribution is 2.33. The summed E-state index contributed by atoms with van der Waals surface area (Å²) in [6, 6.07) is 9.21. The highest BCUT2D eigenvalue weighted by Gasteiger charge is 2.23. The fraction of sp³-hybridized carbons (Fsp3) is 0.208. The Hall–Kier alpha value is -3.47. The van der Waals surface area contributed by atoms with Crippen LogP contribution in [0, 0.1) is 11.6 Å². The Bertz CT molecular complexity index is 1430. The fourth-order valence-electron chi connectivity index (χ4n) is 4.32. The van der Waals surface area contributed by atoms with Gasteiger partial charge in [-0.05, 0) is 35.9 Å². The van der Waals surface area contributed by atoms with Crippen LogP contribution in [0.5, 0.6) is 0 Å². The Morgan fingerprint density at radius 2 is 1.78 bits per heavy atom. The van der Waals surface area contributed by atoms with Crippen LogP contribution < -0.4 is 21.3 Å². The first-order valence-electron chi connectivity index (χ1n) is 11.1. The molecule has 8 nitrogen and oxygen atoms in total. The van der Waals surface area contributed by atoms with Gasteiger partial charge in [0.2, 0.25) is 0 Å². The van der Waals surface area contributed by atoms with E-state index in [-0.39, 0.29) is 23.3 Å². The highest BCUT2D eigenvalue weighted by molar-refractivity contribution is 6.36. The van der Waals surface area contributed by atoms with Crippen molar-refractivity contribution < 1.29 is 13.6 Å². The van der Waals surface area contributed by atoms with Gasteiger partial charge in [0.15, 0.2) is 17.3 Å². The van der Waals surface area contributed by atoms with Gasteiger partial charge in [-0.1, -0.05) is 29.3 Å². The Balaban J connectivity index is 1.59. The predicted octanol–water partition coefficient (Wildman–Crippen LogP) is 4.16. The molecule has 4 N–H and O–H groups in total. The molecule has 12 heteroatoms. The van der Waals surface area contributed by atoms with Crippen molar-refractivity contribution in [3.8, 4) is 0 Å². The lowest BCUT2D eigenvalue weighted by atomic mass is 10.1. The maximum atomic E-state index is 15.2. The summed E-state index contributed by atoms with van der Waals surface area (Å²) in [4.78, 5) is 14.3. The molecule has 2 aromatic heterocycles. The lowest BCUT2D eigenvalue weighted by molar-refractivity contribution is 0.100. The van der Waals surface area contributed by atoms with Crippen molar-refractivity contribution in [2.75, 3.05) is 36.4 Å². The number of nitrogens with zero attached hydrogens (tertiary/aromatic N) is 4. The van der Waals surface area contributed by atoms with Gasteiger partial charge in [0.05, 0.1) is 5.69 Å². The van der Waals surface area contributed by atoms with Crippen LogP contribution in [0.15, 0.2) is 42.7 Å². The number of nitrogens with one attached hydrogen (secondary N) is 2. The molecule has 0 saturated carbocycles. The first kappa shape index (κ1) is 24.2. The van der Waals surface area contributed by atoms with Crippen LogP contribution in [0.25, 0.3) is 5.65 Å². The number of carbonyl (C=O) groups excluding carboxylic acids is 1. The Labute approximate surface area is 215 Å². The van der Waals surface area contributed by atoms with E-state index in [2.05, 4.69) is 20.8 Å². The molecule has 0 atom stereocenters. The van der Waals surface area contributed by atoms with Crippen molar-refractivity contribution in [3.05, 3.63) is 81.2 Å². The van der Waals surface area contributed by atoms with E-state index < -0.39 is 23.2 Å². The molecule has 0 unspecified atom stereocenters. The van der Waals surface area contributed by atoms with Crippen molar-refractivity contribution >= 4 is 51.8 Å². The third-order valence-electron chi connectivity index (χ3n) is 6.10. The molecule has 5 rings (SSSR count). The molecule has 4 aromatic rings. The molecule has 2 aromatic carbocycles. The Morgan fingerprint density at radius 1 is 1.11 bits per heavy atom. The third-order valence-corrected chi connectivity index (χ3v) is 6.80.